The first-order chi connectivity index (χ1) is 6.18. The summed E-state index contributed by atoms with van der Waals surface area (Å²) in [5.41, 5.74) is 3.16. The van der Waals surface area contributed by atoms with Crippen molar-refractivity contribution in [1.82, 2.24) is 5.48 Å². The lowest BCUT2D eigenvalue weighted by atomic mass is 10.1. The van der Waals surface area contributed by atoms with Gasteiger partial charge in [-0.15, -0.1) is 0 Å². The van der Waals surface area contributed by atoms with Crippen molar-refractivity contribution in [3.63, 3.8) is 0 Å². The molecule has 1 rings (SSSR count). The summed E-state index contributed by atoms with van der Waals surface area (Å²) in [6, 6.07) is 0.487. The highest BCUT2D eigenvalue weighted by Gasteiger charge is 2.16. The molecule has 0 saturated heterocycles. The standard InChI is InChI=1S/C11H23NO/c1-9(2)8-10(3)12-13-11-6-4-5-7-11/h9-12H,4-8H2,1-3H3. The molecule has 1 N–H and O–H groups in total. The molecule has 1 aliphatic rings. The van der Waals surface area contributed by atoms with Crippen molar-refractivity contribution in [3.8, 4) is 0 Å². The lowest BCUT2D eigenvalue weighted by molar-refractivity contribution is -0.0400. The third kappa shape index (κ3) is 4.63. The summed E-state index contributed by atoms with van der Waals surface area (Å²) in [6.45, 7) is 6.68. The van der Waals surface area contributed by atoms with E-state index in [1.807, 2.05) is 0 Å². The van der Waals surface area contributed by atoms with E-state index in [1.165, 1.54) is 32.1 Å². The van der Waals surface area contributed by atoms with Gasteiger partial charge >= 0.3 is 0 Å². The van der Waals surface area contributed by atoms with Crippen LogP contribution in [0, 0.1) is 5.92 Å². The molecule has 78 valence electrons. The van der Waals surface area contributed by atoms with Crippen LogP contribution >= 0.6 is 0 Å². The highest BCUT2D eigenvalue weighted by Crippen LogP contribution is 2.20. The maximum Gasteiger partial charge on any atom is 0.0790 e. The first-order valence-corrected chi connectivity index (χ1v) is 5.59. The largest absolute Gasteiger partial charge is 0.298 e. The predicted molar refractivity (Wildman–Crippen MR) is 55.4 cm³/mol. The predicted octanol–water partition coefficient (Wildman–Crippen LogP) is 2.88. The topological polar surface area (TPSA) is 21.3 Å². The Balaban J connectivity index is 2.03. The summed E-state index contributed by atoms with van der Waals surface area (Å²) < 4.78 is 0. The number of hydrogen-bond donors (Lipinski definition) is 1. The van der Waals surface area contributed by atoms with Crippen LogP contribution in [0.15, 0.2) is 0 Å². The van der Waals surface area contributed by atoms with Crippen LogP contribution < -0.4 is 5.48 Å². The Morgan fingerprint density at radius 2 is 1.85 bits per heavy atom. The molecular formula is C11H23NO. The molecule has 2 nitrogen and oxygen atoms in total. The van der Waals surface area contributed by atoms with Crippen molar-refractivity contribution in [2.45, 2.75) is 65.0 Å². The third-order valence-electron chi connectivity index (χ3n) is 2.56. The molecule has 1 aliphatic carbocycles. The Morgan fingerprint density at radius 1 is 1.23 bits per heavy atom. The van der Waals surface area contributed by atoms with E-state index in [0.717, 1.165) is 5.92 Å². The Hall–Kier alpha value is -0.0800. The van der Waals surface area contributed by atoms with E-state index in [1.54, 1.807) is 0 Å². The molecule has 0 amide bonds. The maximum atomic E-state index is 5.62. The fourth-order valence-corrected chi connectivity index (χ4v) is 1.97. The van der Waals surface area contributed by atoms with Crippen LogP contribution in [0.3, 0.4) is 0 Å². The van der Waals surface area contributed by atoms with E-state index in [4.69, 9.17) is 4.84 Å². The smallest absolute Gasteiger partial charge is 0.0790 e. The minimum atomic E-state index is 0.481. The Bertz CT molecular complexity index is 130. The fraction of sp³-hybridized carbons (Fsp3) is 1.00. The van der Waals surface area contributed by atoms with Crippen LogP contribution in [-0.2, 0) is 4.84 Å². The number of rotatable bonds is 5. The number of nitrogens with one attached hydrogen (secondary N) is 1. The van der Waals surface area contributed by atoms with Gasteiger partial charge in [0.15, 0.2) is 0 Å². The Kier molecular flexibility index (Phi) is 4.74. The average molecular weight is 185 g/mol. The average Bonchev–Trinajstić information content (AvgIpc) is 2.51. The number of hydroxylamine groups is 1. The monoisotopic (exact) mass is 185 g/mol. The minimum absolute atomic E-state index is 0.481. The zero-order valence-electron chi connectivity index (χ0n) is 9.18. The molecule has 0 aromatic rings. The van der Waals surface area contributed by atoms with Gasteiger partial charge in [-0.3, -0.25) is 4.84 Å². The van der Waals surface area contributed by atoms with Crippen molar-refractivity contribution < 1.29 is 4.84 Å². The molecule has 1 saturated carbocycles. The van der Waals surface area contributed by atoms with E-state index in [9.17, 15) is 0 Å². The normalized spacial score (nSPS) is 21.2. The molecule has 0 aromatic heterocycles. The van der Waals surface area contributed by atoms with E-state index in [0.29, 0.717) is 12.1 Å². The second-order valence-corrected chi connectivity index (χ2v) is 4.67. The van der Waals surface area contributed by atoms with Gasteiger partial charge in [0.05, 0.1) is 6.10 Å². The summed E-state index contributed by atoms with van der Waals surface area (Å²) >= 11 is 0. The highest BCUT2D eigenvalue weighted by atomic mass is 16.7. The molecule has 1 fully saturated rings. The van der Waals surface area contributed by atoms with Crippen LogP contribution in [0.2, 0.25) is 0 Å². The Morgan fingerprint density at radius 3 is 2.38 bits per heavy atom. The summed E-state index contributed by atoms with van der Waals surface area (Å²) in [5.74, 6) is 0.745. The molecule has 1 unspecified atom stereocenters. The summed E-state index contributed by atoms with van der Waals surface area (Å²) in [7, 11) is 0. The van der Waals surface area contributed by atoms with Gasteiger partial charge < -0.3 is 0 Å². The second-order valence-electron chi connectivity index (χ2n) is 4.67. The van der Waals surface area contributed by atoms with E-state index < -0.39 is 0 Å². The lowest BCUT2D eigenvalue weighted by Gasteiger charge is -2.18. The second kappa shape index (κ2) is 5.61. The molecule has 1 atom stereocenters. The van der Waals surface area contributed by atoms with Crippen molar-refractivity contribution in [2.24, 2.45) is 5.92 Å². The molecule has 0 bridgehead atoms. The van der Waals surface area contributed by atoms with Crippen molar-refractivity contribution in [1.29, 1.82) is 0 Å². The number of hydrogen-bond acceptors (Lipinski definition) is 2. The van der Waals surface area contributed by atoms with Gasteiger partial charge in [0.25, 0.3) is 0 Å². The first kappa shape index (κ1) is 11.0. The van der Waals surface area contributed by atoms with E-state index in [2.05, 4.69) is 26.3 Å². The summed E-state index contributed by atoms with van der Waals surface area (Å²) in [5, 5.41) is 0. The van der Waals surface area contributed by atoms with Crippen LogP contribution in [0.5, 0.6) is 0 Å². The highest BCUT2D eigenvalue weighted by molar-refractivity contribution is 4.66. The molecule has 0 spiro atoms. The van der Waals surface area contributed by atoms with Crippen LogP contribution in [0.1, 0.15) is 52.9 Å². The molecule has 0 radical (unpaired) electrons. The van der Waals surface area contributed by atoms with Gasteiger partial charge in [-0.25, -0.2) is 0 Å². The molecule has 2 heteroatoms. The van der Waals surface area contributed by atoms with Crippen molar-refractivity contribution >= 4 is 0 Å². The first-order valence-electron chi connectivity index (χ1n) is 5.59. The van der Waals surface area contributed by atoms with Crippen LogP contribution in [-0.4, -0.2) is 12.1 Å². The molecule has 0 heterocycles. The molecule has 0 aromatic carbocycles. The van der Waals surface area contributed by atoms with Gasteiger partial charge in [0, 0.05) is 6.04 Å². The molecule has 0 aliphatic heterocycles. The Labute approximate surface area is 82.0 Å². The lowest BCUT2D eigenvalue weighted by Crippen LogP contribution is -2.31. The van der Waals surface area contributed by atoms with E-state index >= 15 is 0 Å². The van der Waals surface area contributed by atoms with Crippen molar-refractivity contribution in [2.75, 3.05) is 0 Å². The SMILES string of the molecule is CC(C)CC(C)NOC1CCCC1. The van der Waals surface area contributed by atoms with E-state index in [-0.39, 0.29) is 0 Å². The van der Waals surface area contributed by atoms with Crippen LogP contribution in [0.4, 0.5) is 0 Å². The van der Waals surface area contributed by atoms with Gasteiger partial charge in [-0.1, -0.05) is 26.7 Å². The summed E-state index contributed by atoms with van der Waals surface area (Å²) in [4.78, 5) is 5.62. The third-order valence-corrected chi connectivity index (χ3v) is 2.56. The van der Waals surface area contributed by atoms with Gasteiger partial charge in [0.1, 0.15) is 0 Å². The minimum Gasteiger partial charge on any atom is -0.298 e. The van der Waals surface area contributed by atoms with Gasteiger partial charge in [-0.05, 0) is 32.1 Å². The molecule has 13 heavy (non-hydrogen) atoms. The van der Waals surface area contributed by atoms with Gasteiger partial charge in [-0.2, -0.15) is 5.48 Å². The molecular weight excluding hydrogens is 162 g/mol. The van der Waals surface area contributed by atoms with Gasteiger partial charge in [0.2, 0.25) is 0 Å². The van der Waals surface area contributed by atoms with Crippen LogP contribution in [0.25, 0.3) is 0 Å². The van der Waals surface area contributed by atoms with Crippen molar-refractivity contribution in [3.05, 3.63) is 0 Å². The fourth-order valence-electron chi connectivity index (χ4n) is 1.97. The zero-order chi connectivity index (χ0) is 9.68. The maximum absolute atomic E-state index is 5.62. The zero-order valence-corrected chi connectivity index (χ0v) is 9.18. The summed E-state index contributed by atoms with van der Waals surface area (Å²) in [6.07, 6.45) is 6.82. The quantitative estimate of drug-likeness (QED) is 0.665.